The summed E-state index contributed by atoms with van der Waals surface area (Å²) in [7, 11) is 0.0735. The lowest BCUT2D eigenvalue weighted by Gasteiger charge is -2.22. The van der Waals surface area contributed by atoms with E-state index in [-0.39, 0.29) is 57.2 Å². The molecule has 0 rings (SSSR count). The van der Waals surface area contributed by atoms with Gasteiger partial charge in [0.15, 0.2) is 6.10 Å². The van der Waals surface area contributed by atoms with Crippen molar-refractivity contribution in [3.05, 3.63) is 0 Å². The van der Waals surface area contributed by atoms with Gasteiger partial charge in [0.05, 0.1) is 27.3 Å². The minimum Gasteiger partial charge on any atom is -0.462 e. The molecule has 0 amide bonds. The largest absolute Gasteiger partial charge is 0.475 e. The maximum atomic E-state index is 13.1. The van der Waals surface area contributed by atoms with E-state index in [1.807, 2.05) is 14.1 Å². The van der Waals surface area contributed by atoms with Crippen molar-refractivity contribution in [3.63, 3.8) is 0 Å². The first-order valence-electron chi connectivity index (χ1n) is 19.4. The highest BCUT2D eigenvalue weighted by Gasteiger charge is 2.29. The van der Waals surface area contributed by atoms with Crippen molar-refractivity contribution in [1.29, 1.82) is 0 Å². The average molecular weight is 729 g/mol. The number of nitrogens with one attached hydrogen (secondary N) is 1. The smallest absolute Gasteiger partial charge is 0.462 e. The zero-order chi connectivity index (χ0) is 34.9. The SMILES string of the molecule is CCCCCCCCCCCCCC(=O)OCC(COP(=O)(OCC)OCC[NH+](C)C)OC(=O)CCCCCCCCCCCCC.Cl. The summed E-state index contributed by atoms with van der Waals surface area (Å²) in [5.41, 5.74) is 0. The summed E-state index contributed by atoms with van der Waals surface area (Å²) >= 11 is 0. The molecule has 9 nitrogen and oxygen atoms in total. The van der Waals surface area contributed by atoms with E-state index in [1.54, 1.807) is 6.92 Å². The molecule has 11 heteroatoms. The first-order valence-corrected chi connectivity index (χ1v) is 20.9. The Morgan fingerprint density at radius 1 is 0.562 bits per heavy atom. The van der Waals surface area contributed by atoms with Gasteiger partial charge < -0.3 is 14.4 Å². The van der Waals surface area contributed by atoms with Crippen LogP contribution in [0.3, 0.4) is 0 Å². The second-order valence-electron chi connectivity index (χ2n) is 13.3. The molecule has 0 bridgehead atoms. The lowest BCUT2D eigenvalue weighted by atomic mass is 10.1. The first-order chi connectivity index (χ1) is 22.8. The number of hydrogen-bond donors (Lipinski definition) is 1. The minimum absolute atomic E-state index is 0. The lowest BCUT2D eigenvalue weighted by Crippen LogP contribution is -3.06. The molecule has 0 aliphatic heterocycles. The number of phosphoric acid groups is 1. The van der Waals surface area contributed by atoms with Crippen molar-refractivity contribution < 1.29 is 42.1 Å². The first kappa shape index (κ1) is 49.4. The minimum atomic E-state index is -3.85. The van der Waals surface area contributed by atoms with E-state index in [2.05, 4.69) is 13.8 Å². The third-order valence-electron chi connectivity index (χ3n) is 8.25. The van der Waals surface area contributed by atoms with Crippen LogP contribution in [-0.2, 0) is 37.2 Å². The fourth-order valence-electron chi connectivity index (χ4n) is 5.29. The summed E-state index contributed by atoms with van der Waals surface area (Å²) < 4.78 is 40.6. The summed E-state index contributed by atoms with van der Waals surface area (Å²) in [5, 5.41) is 0. The number of esters is 2. The zero-order valence-corrected chi connectivity index (χ0v) is 33.4. The molecule has 2 unspecified atom stereocenters. The topological polar surface area (TPSA) is 102 Å². The van der Waals surface area contributed by atoms with Crippen LogP contribution in [0.25, 0.3) is 0 Å². The predicted molar refractivity (Wildman–Crippen MR) is 199 cm³/mol. The number of phosphoric ester groups is 1. The van der Waals surface area contributed by atoms with Crippen LogP contribution in [0, 0.1) is 0 Å². The molecule has 2 atom stereocenters. The van der Waals surface area contributed by atoms with E-state index in [4.69, 9.17) is 23.0 Å². The molecule has 0 heterocycles. The molecule has 0 spiro atoms. The molecular formula is C37H76ClNO8P+. The number of rotatable bonds is 36. The quantitative estimate of drug-likeness (QED) is 0.0387. The maximum absolute atomic E-state index is 13.1. The second kappa shape index (κ2) is 36.1. The van der Waals surface area contributed by atoms with Gasteiger partial charge in [-0.1, -0.05) is 142 Å². The Labute approximate surface area is 301 Å². The summed E-state index contributed by atoms with van der Waals surface area (Å²) in [6.45, 7) is 6.74. The number of unbranched alkanes of at least 4 members (excludes halogenated alkanes) is 20. The highest BCUT2D eigenvalue weighted by molar-refractivity contribution is 7.48. The van der Waals surface area contributed by atoms with Crippen molar-refractivity contribution in [1.82, 2.24) is 0 Å². The van der Waals surface area contributed by atoms with E-state index in [1.165, 1.54) is 103 Å². The van der Waals surface area contributed by atoms with Crippen LogP contribution < -0.4 is 4.90 Å². The Kier molecular flexibility index (Phi) is 37.2. The fraction of sp³-hybridized carbons (Fsp3) is 0.946. The third-order valence-corrected chi connectivity index (χ3v) is 9.79. The van der Waals surface area contributed by atoms with Gasteiger partial charge in [0.25, 0.3) is 0 Å². The maximum Gasteiger partial charge on any atom is 0.475 e. The van der Waals surface area contributed by atoms with Crippen LogP contribution in [0.2, 0.25) is 0 Å². The van der Waals surface area contributed by atoms with E-state index < -0.39 is 13.9 Å². The van der Waals surface area contributed by atoms with Crippen molar-refractivity contribution >= 4 is 32.2 Å². The van der Waals surface area contributed by atoms with Gasteiger partial charge in [0.1, 0.15) is 19.8 Å². The molecule has 0 fully saturated rings. The molecule has 1 N–H and O–H groups in total. The summed E-state index contributed by atoms with van der Waals surface area (Å²) in [6, 6.07) is 0. The second-order valence-corrected chi connectivity index (χ2v) is 15.0. The summed E-state index contributed by atoms with van der Waals surface area (Å²) in [5.74, 6) is -0.704. The molecule has 0 aromatic heterocycles. The van der Waals surface area contributed by atoms with Gasteiger partial charge in [-0.3, -0.25) is 23.2 Å². The number of ether oxygens (including phenoxy) is 2. The van der Waals surface area contributed by atoms with Crippen LogP contribution in [0.4, 0.5) is 0 Å². The van der Waals surface area contributed by atoms with Crippen molar-refractivity contribution in [3.8, 4) is 0 Å². The third kappa shape index (κ3) is 33.8. The Hall–Kier alpha value is -0.700. The number of hydrogen-bond acceptors (Lipinski definition) is 8. The normalized spacial score (nSPS) is 13.2. The Morgan fingerprint density at radius 3 is 1.40 bits per heavy atom. The van der Waals surface area contributed by atoms with Gasteiger partial charge >= 0.3 is 19.8 Å². The number of carbonyl (C=O) groups is 2. The molecule has 0 aromatic carbocycles. The zero-order valence-electron chi connectivity index (χ0n) is 31.7. The van der Waals surface area contributed by atoms with Crippen LogP contribution in [0.1, 0.15) is 175 Å². The van der Waals surface area contributed by atoms with Gasteiger partial charge in [0, 0.05) is 12.8 Å². The van der Waals surface area contributed by atoms with Crippen molar-refractivity contribution in [2.45, 2.75) is 181 Å². The summed E-state index contributed by atoms with van der Waals surface area (Å²) in [6.07, 6.45) is 26.2. The van der Waals surface area contributed by atoms with Gasteiger partial charge in [-0.15, -0.1) is 12.4 Å². The molecular weight excluding hydrogens is 653 g/mol. The Balaban J connectivity index is 0. The van der Waals surface area contributed by atoms with E-state index in [0.29, 0.717) is 13.0 Å². The van der Waals surface area contributed by atoms with Gasteiger partial charge in [0.2, 0.25) is 0 Å². The standard InChI is InChI=1S/C37H74NO8P.ClH/c1-6-9-11-13-15-17-19-21-23-25-27-29-36(39)42-33-35(34-45-47(41,43-8-3)44-32-31-38(4)5)46-37(40)30-28-26-24-22-20-18-16-14-12-10-7-2;/h35H,6-34H2,1-5H3;1H/p+1. The van der Waals surface area contributed by atoms with Crippen LogP contribution in [-0.4, -0.2) is 65.1 Å². The number of halogens is 1. The predicted octanol–water partition coefficient (Wildman–Crippen LogP) is 9.59. The molecule has 0 aromatic rings. The van der Waals surface area contributed by atoms with Crippen molar-refractivity contribution in [2.24, 2.45) is 0 Å². The van der Waals surface area contributed by atoms with E-state index in [0.717, 1.165) is 43.4 Å². The van der Waals surface area contributed by atoms with Crippen LogP contribution >= 0.6 is 20.2 Å². The molecule has 0 aliphatic rings. The highest BCUT2D eigenvalue weighted by Crippen LogP contribution is 2.49. The monoisotopic (exact) mass is 728 g/mol. The molecule has 48 heavy (non-hydrogen) atoms. The van der Waals surface area contributed by atoms with Gasteiger partial charge in [-0.2, -0.15) is 0 Å². The number of likely N-dealkylation sites (N-methyl/N-ethyl adjacent to an activating group) is 1. The summed E-state index contributed by atoms with van der Waals surface area (Å²) in [4.78, 5) is 26.3. The Bertz CT molecular complexity index is 774. The van der Waals surface area contributed by atoms with Crippen LogP contribution in [0.15, 0.2) is 0 Å². The fourth-order valence-corrected chi connectivity index (χ4v) is 6.50. The van der Waals surface area contributed by atoms with Gasteiger partial charge in [-0.05, 0) is 19.8 Å². The molecule has 0 aliphatic carbocycles. The van der Waals surface area contributed by atoms with Crippen LogP contribution in [0.5, 0.6) is 0 Å². The molecule has 0 saturated carbocycles. The molecule has 288 valence electrons. The number of quaternary nitrogens is 1. The highest BCUT2D eigenvalue weighted by atomic mass is 35.5. The number of carbonyl (C=O) groups excluding carboxylic acids is 2. The average Bonchev–Trinajstić information content (AvgIpc) is 3.03. The Morgan fingerprint density at radius 2 is 0.979 bits per heavy atom. The molecule has 0 radical (unpaired) electrons. The van der Waals surface area contributed by atoms with Gasteiger partial charge in [-0.25, -0.2) is 4.57 Å². The lowest BCUT2D eigenvalue weighted by molar-refractivity contribution is -0.858. The van der Waals surface area contributed by atoms with Crippen molar-refractivity contribution in [2.75, 3.05) is 47.1 Å². The van der Waals surface area contributed by atoms with E-state index in [9.17, 15) is 14.2 Å². The molecule has 0 saturated heterocycles. The van der Waals surface area contributed by atoms with E-state index >= 15 is 0 Å².